The Morgan fingerprint density at radius 2 is 1.89 bits per heavy atom. The van der Waals surface area contributed by atoms with Crippen LogP contribution in [0.25, 0.3) is 0 Å². The van der Waals surface area contributed by atoms with E-state index < -0.39 is 12.1 Å². The third-order valence-electron chi connectivity index (χ3n) is 5.18. The van der Waals surface area contributed by atoms with Gasteiger partial charge in [0.15, 0.2) is 6.10 Å². The van der Waals surface area contributed by atoms with Gasteiger partial charge in [-0.1, -0.05) is 30.3 Å². The van der Waals surface area contributed by atoms with Gasteiger partial charge in [0, 0.05) is 26.2 Å². The number of rotatable bonds is 6. The molecular weight excluding hydrogens is 344 g/mol. The van der Waals surface area contributed by atoms with Crippen molar-refractivity contribution >= 4 is 11.8 Å². The molecule has 2 amide bonds. The van der Waals surface area contributed by atoms with Crippen molar-refractivity contribution in [1.82, 2.24) is 20.0 Å². The highest BCUT2D eigenvalue weighted by Crippen LogP contribution is 2.24. The van der Waals surface area contributed by atoms with Crippen molar-refractivity contribution in [3.8, 4) is 0 Å². The van der Waals surface area contributed by atoms with Crippen molar-refractivity contribution in [2.75, 3.05) is 60.0 Å². The highest BCUT2D eigenvalue weighted by atomic mass is 16.5. The lowest BCUT2D eigenvalue weighted by atomic mass is 9.98. The fraction of sp³-hybridized carbons (Fsp3) is 0.600. The van der Waals surface area contributed by atoms with Crippen LogP contribution in [0.3, 0.4) is 0 Å². The number of amides is 2. The number of piperazine rings is 1. The van der Waals surface area contributed by atoms with E-state index in [2.05, 4.69) is 29.2 Å². The van der Waals surface area contributed by atoms with Crippen LogP contribution in [0.2, 0.25) is 0 Å². The maximum atomic E-state index is 13.1. The highest BCUT2D eigenvalue weighted by molar-refractivity contribution is 5.86. The molecule has 7 nitrogen and oxygen atoms in total. The van der Waals surface area contributed by atoms with Crippen molar-refractivity contribution < 1.29 is 14.3 Å². The van der Waals surface area contributed by atoms with E-state index in [-0.39, 0.29) is 18.4 Å². The van der Waals surface area contributed by atoms with Crippen molar-refractivity contribution in [2.24, 2.45) is 0 Å². The summed E-state index contributed by atoms with van der Waals surface area (Å²) in [5.74, 6) is -0.213. The van der Waals surface area contributed by atoms with Crippen molar-refractivity contribution in [3.63, 3.8) is 0 Å². The van der Waals surface area contributed by atoms with E-state index in [9.17, 15) is 9.59 Å². The van der Waals surface area contributed by atoms with Crippen LogP contribution in [0.15, 0.2) is 30.3 Å². The summed E-state index contributed by atoms with van der Waals surface area (Å²) in [6, 6.07) is 9.14. The normalized spacial score (nSPS) is 24.1. The van der Waals surface area contributed by atoms with Gasteiger partial charge >= 0.3 is 0 Å². The fourth-order valence-corrected chi connectivity index (χ4v) is 3.67. The summed E-state index contributed by atoms with van der Waals surface area (Å²) < 4.78 is 5.67. The molecule has 2 saturated heterocycles. The molecule has 2 aliphatic heterocycles. The lowest BCUT2D eigenvalue weighted by Crippen LogP contribution is -2.57. The van der Waals surface area contributed by atoms with E-state index in [1.54, 1.807) is 0 Å². The number of carbonyl (C=O) groups is 2. The average molecular weight is 374 g/mol. The predicted molar refractivity (Wildman–Crippen MR) is 103 cm³/mol. The molecule has 2 atom stereocenters. The summed E-state index contributed by atoms with van der Waals surface area (Å²) in [6.07, 6.45) is 0.472. The summed E-state index contributed by atoms with van der Waals surface area (Å²) in [4.78, 5) is 31.4. The summed E-state index contributed by atoms with van der Waals surface area (Å²) in [5.41, 5.74) is 0.895. The first-order valence-corrected chi connectivity index (χ1v) is 9.66. The van der Waals surface area contributed by atoms with Gasteiger partial charge in [0.2, 0.25) is 5.91 Å². The predicted octanol–water partition coefficient (Wildman–Crippen LogP) is 0.339. The van der Waals surface area contributed by atoms with Gasteiger partial charge in [-0.3, -0.25) is 14.5 Å². The third-order valence-corrected chi connectivity index (χ3v) is 5.18. The average Bonchev–Trinajstić information content (AvgIpc) is 2.68. The Morgan fingerprint density at radius 3 is 2.56 bits per heavy atom. The molecule has 2 fully saturated rings. The zero-order valence-electron chi connectivity index (χ0n) is 16.3. The van der Waals surface area contributed by atoms with Gasteiger partial charge in [-0.2, -0.15) is 0 Å². The first kappa shape index (κ1) is 19.8. The number of morpholine rings is 1. The first-order chi connectivity index (χ1) is 13.0. The Balaban J connectivity index is 1.57. The van der Waals surface area contributed by atoms with Crippen LogP contribution in [0.4, 0.5) is 0 Å². The quantitative estimate of drug-likeness (QED) is 0.778. The largest absolute Gasteiger partial charge is 0.356 e. The van der Waals surface area contributed by atoms with E-state index >= 15 is 0 Å². The SMILES string of the molecule is CN(C)CCCN1CCN(C(=O)[C@H]2OCC(=O)N[C@@H]2c2ccccc2)CC1. The number of benzene rings is 1. The molecule has 1 aromatic carbocycles. The smallest absolute Gasteiger partial charge is 0.254 e. The number of hydrogen-bond donors (Lipinski definition) is 1. The van der Waals surface area contributed by atoms with E-state index in [0.717, 1.165) is 38.2 Å². The van der Waals surface area contributed by atoms with Gasteiger partial charge in [0.25, 0.3) is 5.91 Å². The van der Waals surface area contributed by atoms with E-state index in [0.29, 0.717) is 13.1 Å². The van der Waals surface area contributed by atoms with E-state index in [1.165, 1.54) is 0 Å². The molecule has 1 aromatic rings. The topological polar surface area (TPSA) is 65.1 Å². The van der Waals surface area contributed by atoms with Crippen molar-refractivity contribution in [2.45, 2.75) is 18.6 Å². The van der Waals surface area contributed by atoms with Crippen LogP contribution in [-0.2, 0) is 14.3 Å². The highest BCUT2D eigenvalue weighted by Gasteiger charge is 2.38. The molecule has 7 heteroatoms. The number of carbonyl (C=O) groups excluding carboxylic acids is 2. The maximum Gasteiger partial charge on any atom is 0.254 e. The van der Waals surface area contributed by atoms with Crippen LogP contribution < -0.4 is 5.32 Å². The van der Waals surface area contributed by atoms with Gasteiger partial charge < -0.3 is 19.9 Å². The molecule has 0 unspecified atom stereocenters. The van der Waals surface area contributed by atoms with Crippen LogP contribution >= 0.6 is 0 Å². The summed E-state index contributed by atoms with van der Waals surface area (Å²) in [7, 11) is 4.17. The number of nitrogens with one attached hydrogen (secondary N) is 1. The Kier molecular flexibility index (Phi) is 6.82. The summed E-state index contributed by atoms with van der Waals surface area (Å²) in [6.45, 7) is 5.25. The van der Waals surface area contributed by atoms with Crippen molar-refractivity contribution in [3.05, 3.63) is 35.9 Å². The van der Waals surface area contributed by atoms with Crippen LogP contribution in [0, 0.1) is 0 Å². The molecule has 148 valence electrons. The second kappa shape index (κ2) is 9.30. The molecule has 2 heterocycles. The molecule has 0 radical (unpaired) electrons. The van der Waals surface area contributed by atoms with Gasteiger partial charge in [0.1, 0.15) is 6.61 Å². The van der Waals surface area contributed by atoms with Crippen LogP contribution in [0.1, 0.15) is 18.0 Å². The molecule has 0 saturated carbocycles. The lowest BCUT2D eigenvalue weighted by molar-refractivity contribution is -0.156. The fourth-order valence-electron chi connectivity index (χ4n) is 3.67. The molecule has 2 aliphatic rings. The minimum atomic E-state index is -0.662. The number of nitrogens with zero attached hydrogens (tertiary/aromatic N) is 3. The number of ether oxygens (including phenoxy) is 1. The van der Waals surface area contributed by atoms with Crippen LogP contribution in [-0.4, -0.2) is 92.6 Å². The Bertz CT molecular complexity index is 629. The molecule has 3 rings (SSSR count). The second-order valence-electron chi connectivity index (χ2n) is 7.51. The molecule has 1 N–H and O–H groups in total. The first-order valence-electron chi connectivity index (χ1n) is 9.66. The zero-order chi connectivity index (χ0) is 19.2. The lowest BCUT2D eigenvalue weighted by Gasteiger charge is -2.39. The molecule has 0 bridgehead atoms. The Labute approximate surface area is 161 Å². The number of hydrogen-bond acceptors (Lipinski definition) is 5. The maximum absolute atomic E-state index is 13.1. The third kappa shape index (κ3) is 5.28. The van der Waals surface area contributed by atoms with Gasteiger partial charge in [-0.05, 0) is 39.2 Å². The van der Waals surface area contributed by atoms with Crippen LogP contribution in [0.5, 0.6) is 0 Å². The summed E-state index contributed by atoms with van der Waals surface area (Å²) >= 11 is 0. The molecule has 0 spiro atoms. The van der Waals surface area contributed by atoms with Gasteiger partial charge in [-0.15, -0.1) is 0 Å². The summed E-state index contributed by atoms with van der Waals surface area (Å²) in [5, 5.41) is 2.92. The van der Waals surface area contributed by atoms with E-state index in [1.807, 2.05) is 35.2 Å². The van der Waals surface area contributed by atoms with Gasteiger partial charge in [-0.25, -0.2) is 0 Å². The monoisotopic (exact) mass is 374 g/mol. The van der Waals surface area contributed by atoms with Crippen molar-refractivity contribution in [1.29, 1.82) is 0 Å². The van der Waals surface area contributed by atoms with E-state index in [4.69, 9.17) is 4.74 Å². The minimum Gasteiger partial charge on any atom is -0.356 e. The molecule has 27 heavy (non-hydrogen) atoms. The molecular formula is C20H30N4O3. The zero-order valence-corrected chi connectivity index (χ0v) is 16.3. The second-order valence-corrected chi connectivity index (χ2v) is 7.51. The molecule has 0 aromatic heterocycles. The standard InChI is InChI=1S/C20H30N4O3/c1-22(2)9-6-10-23-11-13-24(14-12-23)20(26)19-18(21-17(25)15-27-19)16-7-4-3-5-8-16/h3-5,7-8,18-19H,6,9-15H2,1-2H3,(H,21,25)/t18-,19+/m1/s1. The Hall–Kier alpha value is -1.96. The van der Waals surface area contributed by atoms with Gasteiger partial charge in [0.05, 0.1) is 6.04 Å². The minimum absolute atomic E-state index is 0.0307. The molecule has 0 aliphatic carbocycles. The Morgan fingerprint density at radius 1 is 1.19 bits per heavy atom.